The molecule has 3 atom stereocenters. The van der Waals surface area contributed by atoms with Crippen molar-refractivity contribution in [3.63, 3.8) is 0 Å². The normalized spacial score (nSPS) is 13.7. The highest BCUT2D eigenvalue weighted by Crippen LogP contribution is 2.18. The van der Waals surface area contributed by atoms with Gasteiger partial charge < -0.3 is 20.3 Å². The van der Waals surface area contributed by atoms with E-state index in [1.807, 2.05) is 6.08 Å². The van der Waals surface area contributed by atoms with Crippen molar-refractivity contribution in [3.8, 4) is 0 Å². The Balaban J connectivity index is 4.68. The Bertz CT molecular complexity index is 1110. The lowest BCUT2D eigenvalue weighted by Gasteiger charge is -2.24. The SMILES string of the molecule is CC/C=C/C/C=C/C/C=C/C/C=C/C/C=C/CCC(=O)OC(CCCCCCCCCCCCCCCCC)CC(=O)NC(CO)C(O)CCCCCCCCCCCCCC. The summed E-state index contributed by atoms with van der Waals surface area (Å²) in [7, 11) is 0. The number of nitrogens with one attached hydrogen (secondary N) is 1. The number of unbranched alkanes of at least 4 members (excludes halogenated alkanes) is 25. The number of amides is 1. The van der Waals surface area contributed by atoms with Gasteiger partial charge in [0.2, 0.25) is 5.91 Å². The minimum absolute atomic E-state index is 0.0494. The third kappa shape index (κ3) is 44.2. The molecule has 0 aliphatic carbocycles. The number of hydrogen-bond acceptors (Lipinski definition) is 5. The molecule has 6 heteroatoms. The molecule has 3 N–H and O–H groups in total. The molecule has 0 aliphatic rings. The monoisotopic (exact) mass is 868 g/mol. The molecule has 1 amide bonds. The summed E-state index contributed by atoms with van der Waals surface area (Å²) >= 11 is 0. The van der Waals surface area contributed by atoms with Crippen molar-refractivity contribution >= 4 is 11.9 Å². The summed E-state index contributed by atoms with van der Waals surface area (Å²) in [5.74, 6) is -0.565. The summed E-state index contributed by atoms with van der Waals surface area (Å²) in [5.41, 5.74) is 0. The zero-order valence-electron chi connectivity index (χ0n) is 41.0. The van der Waals surface area contributed by atoms with Crippen LogP contribution < -0.4 is 5.32 Å². The van der Waals surface area contributed by atoms with E-state index in [-0.39, 0.29) is 31.3 Å². The molecule has 0 saturated carbocycles. The van der Waals surface area contributed by atoms with Crippen LogP contribution in [0.3, 0.4) is 0 Å². The maximum absolute atomic E-state index is 13.2. The minimum Gasteiger partial charge on any atom is -0.462 e. The third-order valence-corrected chi connectivity index (χ3v) is 11.9. The predicted octanol–water partition coefficient (Wildman–Crippen LogP) is 16.0. The summed E-state index contributed by atoms with van der Waals surface area (Å²) < 4.78 is 5.90. The quantitative estimate of drug-likeness (QED) is 0.0322. The highest BCUT2D eigenvalue weighted by Gasteiger charge is 2.24. The van der Waals surface area contributed by atoms with Crippen molar-refractivity contribution < 1.29 is 24.5 Å². The number of rotatable bonds is 47. The molecule has 360 valence electrons. The summed E-state index contributed by atoms with van der Waals surface area (Å²) in [6, 6.07) is -0.715. The maximum atomic E-state index is 13.2. The Morgan fingerprint density at radius 2 is 0.839 bits per heavy atom. The van der Waals surface area contributed by atoms with Crippen molar-refractivity contribution in [1.82, 2.24) is 5.32 Å². The first-order chi connectivity index (χ1) is 30.5. The van der Waals surface area contributed by atoms with E-state index in [1.54, 1.807) is 0 Å². The van der Waals surface area contributed by atoms with Gasteiger partial charge in [0.1, 0.15) is 6.10 Å². The molecule has 3 unspecified atom stereocenters. The predicted molar refractivity (Wildman–Crippen MR) is 268 cm³/mol. The molecule has 0 rings (SSSR count). The van der Waals surface area contributed by atoms with Crippen molar-refractivity contribution in [1.29, 1.82) is 0 Å². The zero-order chi connectivity index (χ0) is 45.2. The van der Waals surface area contributed by atoms with Crippen LogP contribution in [0.2, 0.25) is 0 Å². The van der Waals surface area contributed by atoms with Crippen LogP contribution in [0.15, 0.2) is 60.8 Å². The van der Waals surface area contributed by atoms with Gasteiger partial charge in [-0.2, -0.15) is 0 Å². The summed E-state index contributed by atoms with van der Waals surface area (Å²) in [6.45, 7) is 6.36. The first-order valence-electron chi connectivity index (χ1n) is 26.5. The van der Waals surface area contributed by atoms with E-state index < -0.39 is 18.2 Å². The molecule has 0 aliphatic heterocycles. The smallest absolute Gasteiger partial charge is 0.306 e. The summed E-state index contributed by atoms with van der Waals surface area (Å²) in [6.07, 6.45) is 61.4. The maximum Gasteiger partial charge on any atom is 0.306 e. The molecular weight excluding hydrogens is 767 g/mol. The second-order valence-electron chi connectivity index (χ2n) is 17.9. The van der Waals surface area contributed by atoms with E-state index in [1.165, 1.54) is 135 Å². The van der Waals surface area contributed by atoms with E-state index in [2.05, 4.69) is 80.8 Å². The molecular formula is C56H101NO5. The van der Waals surface area contributed by atoms with Crippen LogP contribution >= 0.6 is 0 Å². The van der Waals surface area contributed by atoms with Crippen LogP contribution in [0, 0.1) is 0 Å². The van der Waals surface area contributed by atoms with E-state index in [0.29, 0.717) is 19.3 Å². The molecule has 6 nitrogen and oxygen atoms in total. The molecule has 62 heavy (non-hydrogen) atoms. The van der Waals surface area contributed by atoms with Crippen LogP contribution in [0.4, 0.5) is 0 Å². The first kappa shape index (κ1) is 59.6. The van der Waals surface area contributed by atoms with Gasteiger partial charge in [0.05, 0.1) is 25.2 Å². The van der Waals surface area contributed by atoms with E-state index in [4.69, 9.17) is 4.74 Å². The van der Waals surface area contributed by atoms with Gasteiger partial charge in [-0.05, 0) is 57.8 Å². The highest BCUT2D eigenvalue weighted by atomic mass is 16.5. The molecule has 0 spiro atoms. The van der Waals surface area contributed by atoms with Gasteiger partial charge in [0.15, 0.2) is 0 Å². The van der Waals surface area contributed by atoms with Gasteiger partial charge in [0, 0.05) is 6.42 Å². The number of aliphatic hydroxyl groups excluding tert-OH is 2. The fourth-order valence-electron chi connectivity index (χ4n) is 7.89. The van der Waals surface area contributed by atoms with Gasteiger partial charge in [-0.3, -0.25) is 9.59 Å². The molecule has 0 fully saturated rings. The molecule has 0 radical (unpaired) electrons. The number of aliphatic hydroxyl groups is 2. The fourth-order valence-corrected chi connectivity index (χ4v) is 7.89. The number of ether oxygens (including phenoxy) is 1. The average molecular weight is 868 g/mol. The second-order valence-corrected chi connectivity index (χ2v) is 17.9. The average Bonchev–Trinajstić information content (AvgIpc) is 3.26. The molecule has 0 aromatic rings. The first-order valence-corrected chi connectivity index (χ1v) is 26.5. The van der Waals surface area contributed by atoms with Crippen molar-refractivity contribution in [2.45, 2.75) is 277 Å². The zero-order valence-corrected chi connectivity index (χ0v) is 41.0. The van der Waals surface area contributed by atoms with Crippen molar-refractivity contribution in [3.05, 3.63) is 60.8 Å². The highest BCUT2D eigenvalue weighted by molar-refractivity contribution is 5.77. The van der Waals surface area contributed by atoms with E-state index in [9.17, 15) is 19.8 Å². The van der Waals surface area contributed by atoms with Crippen LogP contribution in [-0.4, -0.2) is 46.9 Å². The summed E-state index contributed by atoms with van der Waals surface area (Å²) in [4.78, 5) is 26.1. The van der Waals surface area contributed by atoms with Crippen LogP contribution in [0.5, 0.6) is 0 Å². The number of esters is 1. The number of allylic oxidation sites excluding steroid dienone is 10. The Morgan fingerprint density at radius 3 is 1.23 bits per heavy atom. The van der Waals surface area contributed by atoms with Gasteiger partial charge in [-0.15, -0.1) is 0 Å². The van der Waals surface area contributed by atoms with Gasteiger partial charge in [0.25, 0.3) is 0 Å². The van der Waals surface area contributed by atoms with Crippen molar-refractivity contribution in [2.75, 3.05) is 6.61 Å². The lowest BCUT2D eigenvalue weighted by molar-refractivity contribution is -0.150. The Morgan fingerprint density at radius 1 is 0.484 bits per heavy atom. The number of hydrogen-bond donors (Lipinski definition) is 3. The molecule has 0 heterocycles. The van der Waals surface area contributed by atoms with Crippen LogP contribution in [0.25, 0.3) is 0 Å². The molecule has 0 saturated heterocycles. The lowest BCUT2D eigenvalue weighted by Crippen LogP contribution is -2.46. The van der Waals surface area contributed by atoms with Gasteiger partial charge in [-0.25, -0.2) is 0 Å². The molecule has 0 aromatic carbocycles. The van der Waals surface area contributed by atoms with Gasteiger partial charge >= 0.3 is 5.97 Å². The largest absolute Gasteiger partial charge is 0.462 e. The lowest BCUT2D eigenvalue weighted by atomic mass is 10.0. The summed E-state index contributed by atoms with van der Waals surface area (Å²) in [5, 5.41) is 23.8. The van der Waals surface area contributed by atoms with Crippen molar-refractivity contribution in [2.24, 2.45) is 0 Å². The fraction of sp³-hybridized carbons (Fsp3) is 0.786. The topological polar surface area (TPSA) is 95.9 Å². The minimum atomic E-state index is -0.799. The Kier molecular flexibility index (Phi) is 47.6. The standard InChI is InChI=1S/C56H101NO5/c1-4-7-10-13-16-19-22-25-27-29-31-34-37-40-43-46-49-56(61)62-52(47-44-41-38-35-32-30-28-26-23-20-17-14-11-8-5-2)50-55(60)57-53(51-58)54(59)48-45-42-39-36-33-24-21-18-15-12-9-6-3/h7,10,16,19,25,27,31,34,40,43,52-54,58-59H,4-6,8-9,11-15,17-18,20-24,26,28-30,32-33,35-39,41-42,44-51H2,1-3H3,(H,57,60)/b10-7+,19-16+,27-25+,34-31+,43-40+. The Labute approximate surface area is 384 Å². The van der Waals surface area contributed by atoms with Gasteiger partial charge in [-0.1, -0.05) is 248 Å². The van der Waals surface area contributed by atoms with E-state index >= 15 is 0 Å². The van der Waals surface area contributed by atoms with E-state index in [0.717, 1.165) is 70.6 Å². The third-order valence-electron chi connectivity index (χ3n) is 11.9. The van der Waals surface area contributed by atoms with Crippen LogP contribution in [-0.2, 0) is 14.3 Å². The number of carbonyl (C=O) groups excluding carboxylic acids is 2. The molecule has 0 aromatic heterocycles. The second kappa shape index (κ2) is 49.6. The Hall–Kier alpha value is -2.44. The number of carbonyl (C=O) groups is 2. The molecule has 0 bridgehead atoms. The van der Waals surface area contributed by atoms with Crippen LogP contribution in [0.1, 0.15) is 258 Å².